The lowest BCUT2D eigenvalue weighted by Crippen LogP contribution is -2.55. The summed E-state index contributed by atoms with van der Waals surface area (Å²) < 4.78 is 42.5. The highest BCUT2D eigenvalue weighted by Crippen LogP contribution is 2.42. The quantitative estimate of drug-likeness (QED) is 0.558. The Morgan fingerprint density at radius 1 is 1.00 bits per heavy atom. The number of amides is 3. The van der Waals surface area contributed by atoms with E-state index in [0.717, 1.165) is 12.0 Å². The van der Waals surface area contributed by atoms with Gasteiger partial charge < -0.3 is 9.80 Å². The monoisotopic (exact) mass is 527 g/mol. The molecule has 3 aliphatic rings. The van der Waals surface area contributed by atoms with Gasteiger partial charge in [-0.15, -0.1) is 0 Å². The molecule has 3 heterocycles. The minimum Gasteiger partial charge on any atom is -0.371 e. The zero-order chi connectivity index (χ0) is 26.5. The Hall–Kier alpha value is -2.94. The highest BCUT2D eigenvalue weighted by Gasteiger charge is 2.55. The van der Waals surface area contributed by atoms with Gasteiger partial charge in [-0.05, 0) is 61.3 Å². The number of halogens is 1. The smallest absolute Gasteiger partial charge is 0.327 e. The number of nitrogens with zero attached hydrogens (tertiary/aromatic N) is 3. The van der Waals surface area contributed by atoms with E-state index < -0.39 is 31.7 Å². The first-order chi connectivity index (χ1) is 17.6. The van der Waals surface area contributed by atoms with E-state index in [4.69, 9.17) is 0 Å². The van der Waals surface area contributed by atoms with Crippen LogP contribution in [0.3, 0.4) is 0 Å². The van der Waals surface area contributed by atoms with Crippen molar-refractivity contribution in [2.45, 2.75) is 55.1 Å². The van der Waals surface area contributed by atoms with Gasteiger partial charge >= 0.3 is 6.03 Å². The lowest BCUT2D eigenvalue weighted by atomic mass is 9.86. The molecule has 2 aromatic carbocycles. The van der Waals surface area contributed by atoms with E-state index in [2.05, 4.69) is 0 Å². The van der Waals surface area contributed by atoms with Crippen molar-refractivity contribution in [3.63, 3.8) is 0 Å². The topological polar surface area (TPSA) is 78.0 Å². The highest BCUT2D eigenvalue weighted by atomic mass is 32.2. The Bertz CT molecular complexity index is 1310. The molecule has 5 rings (SSSR count). The number of piperidine rings is 1. The van der Waals surface area contributed by atoms with E-state index in [0.29, 0.717) is 43.6 Å². The molecule has 1 spiro atoms. The zero-order valence-corrected chi connectivity index (χ0v) is 22.4. The van der Waals surface area contributed by atoms with Crippen molar-refractivity contribution in [2.24, 2.45) is 5.92 Å². The number of likely N-dealkylation sites (N-methyl/N-ethyl adjacent to an activating group) is 2. The maximum Gasteiger partial charge on any atom is 0.327 e. The molecular weight excluding hydrogens is 493 g/mol. The summed E-state index contributed by atoms with van der Waals surface area (Å²) in [6.45, 7) is 2.98. The van der Waals surface area contributed by atoms with Crippen molar-refractivity contribution >= 4 is 27.5 Å². The molecular formula is C28H34FN3O4S. The molecule has 0 radical (unpaired) electrons. The lowest BCUT2D eigenvalue weighted by molar-refractivity contribution is -0.133. The minimum atomic E-state index is -3.49. The summed E-state index contributed by atoms with van der Waals surface area (Å²) in [6, 6.07) is 14.0. The maximum atomic E-state index is 15.3. The van der Waals surface area contributed by atoms with Crippen molar-refractivity contribution in [3.05, 3.63) is 65.5 Å². The van der Waals surface area contributed by atoms with Crippen LogP contribution in [0.15, 0.2) is 48.5 Å². The van der Waals surface area contributed by atoms with Gasteiger partial charge in [0.2, 0.25) is 0 Å². The Morgan fingerprint density at radius 3 is 2.27 bits per heavy atom. The van der Waals surface area contributed by atoms with Gasteiger partial charge in [0.05, 0.1) is 10.5 Å². The van der Waals surface area contributed by atoms with Gasteiger partial charge in [-0.3, -0.25) is 9.69 Å². The van der Waals surface area contributed by atoms with Crippen molar-refractivity contribution in [1.82, 2.24) is 9.80 Å². The summed E-state index contributed by atoms with van der Waals surface area (Å²) in [5, 5.41) is -1.19. The third kappa shape index (κ3) is 4.21. The number of urea groups is 1. The number of carbonyl (C=O) groups excluding carboxylic acids is 2. The molecule has 0 saturated carbocycles. The van der Waals surface area contributed by atoms with E-state index in [1.165, 1.54) is 22.9 Å². The second kappa shape index (κ2) is 9.42. The van der Waals surface area contributed by atoms with Gasteiger partial charge in [-0.25, -0.2) is 17.6 Å². The second-order valence-corrected chi connectivity index (χ2v) is 13.1. The molecule has 0 aromatic heterocycles. The van der Waals surface area contributed by atoms with E-state index in [1.54, 1.807) is 13.1 Å². The molecule has 198 valence electrons. The summed E-state index contributed by atoms with van der Waals surface area (Å²) >= 11 is 0. The zero-order valence-electron chi connectivity index (χ0n) is 21.6. The van der Waals surface area contributed by atoms with Crippen LogP contribution in [0.25, 0.3) is 0 Å². The number of anilines is 1. The summed E-state index contributed by atoms with van der Waals surface area (Å²) in [5.41, 5.74) is 1.08. The van der Waals surface area contributed by atoms with Crippen LogP contribution in [0.5, 0.6) is 0 Å². The fourth-order valence-corrected chi connectivity index (χ4v) is 9.01. The van der Waals surface area contributed by atoms with Gasteiger partial charge in [0.25, 0.3) is 5.91 Å². The minimum absolute atomic E-state index is 0.0518. The number of benzene rings is 2. The standard InChI is InChI=1S/C28H34FN3O4S/c1-19-9-12-24(20-7-5-4-6-8-20)37(35,36)25(19)17-21-10-11-22(18-23(21)29)32-15-13-28(14-16-32)26(33)30(2)27(34)31(28)3/h4-8,10-11,18-19,24-25H,9,12-17H2,1-3H3/t19-,24+,25?/m0/s1. The van der Waals surface area contributed by atoms with Gasteiger partial charge in [-0.1, -0.05) is 43.3 Å². The highest BCUT2D eigenvalue weighted by molar-refractivity contribution is 7.92. The van der Waals surface area contributed by atoms with E-state index >= 15 is 4.39 Å². The Balaban J connectivity index is 1.31. The van der Waals surface area contributed by atoms with Crippen molar-refractivity contribution in [3.8, 4) is 0 Å². The van der Waals surface area contributed by atoms with E-state index in [1.807, 2.05) is 48.2 Å². The lowest BCUT2D eigenvalue weighted by Gasteiger charge is -2.41. The molecule has 3 fully saturated rings. The largest absolute Gasteiger partial charge is 0.371 e. The SMILES string of the molecule is C[C@H]1CC[C@H](c2ccccc2)S(=O)(=O)C1Cc1ccc(N2CCC3(CC2)C(=O)N(C)C(=O)N3C)cc1F. The first-order valence-corrected chi connectivity index (χ1v) is 14.5. The van der Waals surface area contributed by atoms with E-state index in [9.17, 15) is 18.0 Å². The normalized spacial score (nSPS) is 27.2. The fourth-order valence-electron chi connectivity index (χ4n) is 6.39. The molecule has 0 aliphatic carbocycles. The summed E-state index contributed by atoms with van der Waals surface area (Å²) in [6.07, 6.45) is 2.46. The Labute approximate surface area is 218 Å². The summed E-state index contributed by atoms with van der Waals surface area (Å²) in [7, 11) is -0.321. The van der Waals surface area contributed by atoms with Gasteiger partial charge in [-0.2, -0.15) is 0 Å². The summed E-state index contributed by atoms with van der Waals surface area (Å²) in [5.74, 6) is -0.645. The fraction of sp³-hybridized carbons (Fsp3) is 0.500. The van der Waals surface area contributed by atoms with Crippen LogP contribution < -0.4 is 4.90 Å². The predicted octanol–water partition coefficient (Wildman–Crippen LogP) is 4.19. The molecule has 3 saturated heterocycles. The molecule has 3 aliphatic heterocycles. The van der Waals surface area contributed by atoms with Crippen LogP contribution in [0, 0.1) is 11.7 Å². The number of imide groups is 1. The average molecular weight is 528 g/mol. The van der Waals surface area contributed by atoms with Crippen LogP contribution in [0.1, 0.15) is 49.0 Å². The first-order valence-electron chi connectivity index (χ1n) is 12.9. The molecule has 0 bridgehead atoms. The molecule has 2 aromatic rings. The van der Waals surface area contributed by atoms with E-state index in [-0.39, 0.29) is 24.3 Å². The van der Waals surface area contributed by atoms with Crippen LogP contribution in [0.2, 0.25) is 0 Å². The van der Waals surface area contributed by atoms with Gasteiger partial charge in [0.1, 0.15) is 11.4 Å². The first kappa shape index (κ1) is 25.7. The van der Waals surface area contributed by atoms with Crippen LogP contribution >= 0.6 is 0 Å². The number of hydrogen-bond donors (Lipinski definition) is 0. The van der Waals surface area contributed by atoms with Gasteiger partial charge in [0, 0.05) is 32.9 Å². The second-order valence-electron chi connectivity index (χ2n) is 10.8. The maximum absolute atomic E-state index is 15.3. The summed E-state index contributed by atoms with van der Waals surface area (Å²) in [4.78, 5) is 29.8. The Kier molecular flexibility index (Phi) is 6.54. The molecule has 1 unspecified atom stereocenters. The molecule has 7 nitrogen and oxygen atoms in total. The van der Waals surface area contributed by atoms with Crippen LogP contribution in [0.4, 0.5) is 14.9 Å². The number of carbonyl (C=O) groups is 2. The van der Waals surface area contributed by atoms with Gasteiger partial charge in [0.15, 0.2) is 9.84 Å². The third-order valence-corrected chi connectivity index (χ3v) is 11.6. The number of sulfone groups is 1. The number of hydrogen-bond acceptors (Lipinski definition) is 5. The molecule has 0 N–H and O–H groups in total. The average Bonchev–Trinajstić information content (AvgIpc) is 3.04. The molecule has 9 heteroatoms. The molecule has 3 amide bonds. The molecule has 37 heavy (non-hydrogen) atoms. The third-order valence-electron chi connectivity index (χ3n) is 8.84. The van der Waals surface area contributed by atoms with Crippen LogP contribution in [-0.2, 0) is 21.1 Å². The van der Waals surface area contributed by atoms with Crippen molar-refractivity contribution < 1.29 is 22.4 Å². The van der Waals surface area contributed by atoms with Crippen LogP contribution in [-0.4, -0.2) is 68.1 Å². The van der Waals surface area contributed by atoms with Crippen molar-refractivity contribution in [1.29, 1.82) is 0 Å². The predicted molar refractivity (Wildman–Crippen MR) is 140 cm³/mol. The van der Waals surface area contributed by atoms with Crippen molar-refractivity contribution in [2.75, 3.05) is 32.1 Å². The number of rotatable bonds is 4. The Morgan fingerprint density at radius 2 is 1.68 bits per heavy atom. The molecule has 3 atom stereocenters.